The van der Waals surface area contributed by atoms with Crippen molar-refractivity contribution >= 4 is 17.5 Å². The Morgan fingerprint density at radius 2 is 2.08 bits per heavy atom. The second kappa shape index (κ2) is 8.54. The summed E-state index contributed by atoms with van der Waals surface area (Å²) in [5.41, 5.74) is 6.35. The van der Waals surface area contributed by atoms with Crippen LogP contribution >= 0.6 is 0 Å². The van der Waals surface area contributed by atoms with E-state index in [1.807, 2.05) is 6.92 Å². The molecule has 1 aromatic rings. The van der Waals surface area contributed by atoms with Gasteiger partial charge < -0.3 is 25.8 Å². The highest BCUT2D eigenvalue weighted by atomic mass is 16.5. The Morgan fingerprint density at radius 3 is 2.71 bits per heavy atom. The monoisotopic (exact) mass is 335 g/mol. The van der Waals surface area contributed by atoms with Gasteiger partial charge in [0.25, 0.3) is 5.91 Å². The third kappa shape index (κ3) is 5.42. The van der Waals surface area contributed by atoms with Gasteiger partial charge in [-0.2, -0.15) is 0 Å². The minimum Gasteiger partial charge on any atom is -0.493 e. The summed E-state index contributed by atoms with van der Waals surface area (Å²) >= 11 is 0. The molecule has 1 saturated carbocycles. The number of ether oxygens (including phenoxy) is 2. The highest BCUT2D eigenvalue weighted by molar-refractivity contribution is 5.94. The van der Waals surface area contributed by atoms with Crippen LogP contribution in [-0.4, -0.2) is 37.6 Å². The Morgan fingerprint density at radius 1 is 1.33 bits per heavy atom. The van der Waals surface area contributed by atoms with Crippen molar-refractivity contribution in [1.29, 1.82) is 0 Å². The van der Waals surface area contributed by atoms with E-state index in [0.717, 1.165) is 19.3 Å². The fourth-order valence-corrected chi connectivity index (χ4v) is 2.18. The van der Waals surface area contributed by atoms with Crippen molar-refractivity contribution in [2.45, 2.75) is 44.7 Å². The van der Waals surface area contributed by atoms with Gasteiger partial charge in [-0.15, -0.1) is 0 Å². The molecular formula is C17H25N3O4. The van der Waals surface area contributed by atoms with Gasteiger partial charge in [-0.3, -0.25) is 9.59 Å². The number of carbonyl (C=O) groups excluding carboxylic acids is 2. The second-order valence-electron chi connectivity index (χ2n) is 5.88. The maximum Gasteiger partial charge on any atom is 0.258 e. The highest BCUT2D eigenvalue weighted by Gasteiger charge is 2.23. The largest absolute Gasteiger partial charge is 0.493 e. The van der Waals surface area contributed by atoms with Crippen LogP contribution < -0.4 is 25.8 Å². The average molecular weight is 335 g/mol. The fraction of sp³-hybridized carbons (Fsp3) is 0.529. The van der Waals surface area contributed by atoms with Crippen LogP contribution in [0.1, 0.15) is 32.6 Å². The maximum atomic E-state index is 12.0. The summed E-state index contributed by atoms with van der Waals surface area (Å²) in [7, 11) is 1.52. The van der Waals surface area contributed by atoms with Gasteiger partial charge in [-0.1, -0.05) is 13.3 Å². The zero-order chi connectivity index (χ0) is 17.5. The van der Waals surface area contributed by atoms with E-state index in [1.165, 1.54) is 7.11 Å². The van der Waals surface area contributed by atoms with E-state index in [4.69, 9.17) is 15.2 Å². The van der Waals surface area contributed by atoms with Crippen molar-refractivity contribution in [1.82, 2.24) is 5.32 Å². The molecule has 1 aliphatic rings. The minimum absolute atomic E-state index is 0.0976. The number of benzene rings is 1. The number of carbonyl (C=O) groups is 2. The van der Waals surface area contributed by atoms with Crippen molar-refractivity contribution in [3.8, 4) is 11.5 Å². The molecular weight excluding hydrogens is 310 g/mol. The van der Waals surface area contributed by atoms with Gasteiger partial charge in [0, 0.05) is 17.8 Å². The van der Waals surface area contributed by atoms with Crippen LogP contribution in [0.3, 0.4) is 0 Å². The van der Waals surface area contributed by atoms with Crippen LogP contribution in [0.25, 0.3) is 0 Å². The maximum absolute atomic E-state index is 12.0. The van der Waals surface area contributed by atoms with E-state index in [-0.39, 0.29) is 24.5 Å². The van der Waals surface area contributed by atoms with Gasteiger partial charge in [0.1, 0.15) is 0 Å². The molecule has 1 fully saturated rings. The molecule has 0 radical (unpaired) electrons. The Labute approximate surface area is 141 Å². The number of nitrogens with two attached hydrogens (primary N) is 1. The number of nitrogens with one attached hydrogen (secondary N) is 2. The van der Waals surface area contributed by atoms with E-state index >= 15 is 0 Å². The quantitative estimate of drug-likeness (QED) is 0.633. The first-order valence-electron chi connectivity index (χ1n) is 8.20. The number of hydrogen-bond donors (Lipinski definition) is 3. The Balaban J connectivity index is 1.97. The topological polar surface area (TPSA) is 103 Å². The van der Waals surface area contributed by atoms with Crippen molar-refractivity contribution in [2.24, 2.45) is 5.73 Å². The Hall–Kier alpha value is -2.28. The van der Waals surface area contributed by atoms with Gasteiger partial charge in [-0.05, 0) is 31.4 Å². The van der Waals surface area contributed by atoms with Gasteiger partial charge >= 0.3 is 0 Å². The average Bonchev–Trinajstić information content (AvgIpc) is 3.37. The molecule has 1 aromatic carbocycles. The molecule has 0 aromatic heterocycles. The predicted octanol–water partition coefficient (Wildman–Crippen LogP) is 1.42. The Bertz CT molecular complexity index is 587. The van der Waals surface area contributed by atoms with Crippen molar-refractivity contribution in [3.63, 3.8) is 0 Å². The lowest BCUT2D eigenvalue weighted by Crippen LogP contribution is -2.35. The normalized spacial score (nSPS) is 14.6. The van der Waals surface area contributed by atoms with Crippen molar-refractivity contribution in [3.05, 3.63) is 18.2 Å². The number of hydrogen-bond acceptors (Lipinski definition) is 5. The summed E-state index contributed by atoms with van der Waals surface area (Å²) in [5, 5.41) is 5.59. The van der Waals surface area contributed by atoms with Crippen LogP contribution in [0.5, 0.6) is 11.5 Å². The standard InChI is InChI=1S/C17H25N3O4/c1-3-4-13(18)17(22)20-12-7-8-14(23-2)15(9-12)24-10-16(21)19-11-5-6-11/h7-9,11,13H,3-6,10,18H2,1-2H3,(H,19,21)(H,20,22). The van der Waals surface area contributed by atoms with Crippen LogP contribution in [0.4, 0.5) is 5.69 Å². The lowest BCUT2D eigenvalue weighted by molar-refractivity contribution is -0.123. The van der Waals surface area contributed by atoms with E-state index in [0.29, 0.717) is 23.6 Å². The summed E-state index contributed by atoms with van der Waals surface area (Å²) in [4.78, 5) is 23.7. The molecule has 7 heteroatoms. The summed E-state index contributed by atoms with van der Waals surface area (Å²) < 4.78 is 10.8. The highest BCUT2D eigenvalue weighted by Crippen LogP contribution is 2.30. The lowest BCUT2D eigenvalue weighted by atomic mass is 10.1. The van der Waals surface area contributed by atoms with Crippen LogP contribution in [0.15, 0.2) is 18.2 Å². The van der Waals surface area contributed by atoms with Gasteiger partial charge in [-0.25, -0.2) is 0 Å². The molecule has 7 nitrogen and oxygen atoms in total. The lowest BCUT2D eigenvalue weighted by Gasteiger charge is -2.14. The molecule has 1 unspecified atom stereocenters. The molecule has 4 N–H and O–H groups in total. The molecule has 0 aliphatic heterocycles. The minimum atomic E-state index is -0.550. The molecule has 0 saturated heterocycles. The second-order valence-corrected chi connectivity index (χ2v) is 5.88. The van der Waals surface area contributed by atoms with Crippen LogP contribution in [0, 0.1) is 0 Å². The van der Waals surface area contributed by atoms with E-state index in [9.17, 15) is 9.59 Å². The SMILES string of the molecule is CCCC(N)C(=O)Nc1ccc(OC)c(OCC(=O)NC2CC2)c1. The zero-order valence-corrected chi connectivity index (χ0v) is 14.1. The molecule has 0 spiro atoms. The van der Waals surface area contributed by atoms with Crippen molar-refractivity contribution < 1.29 is 19.1 Å². The molecule has 1 aliphatic carbocycles. The smallest absolute Gasteiger partial charge is 0.258 e. The molecule has 2 amide bonds. The van der Waals surface area contributed by atoms with Crippen LogP contribution in [0.2, 0.25) is 0 Å². The predicted molar refractivity (Wildman–Crippen MR) is 91.2 cm³/mol. The summed E-state index contributed by atoms with van der Waals surface area (Å²) in [6.45, 7) is 1.87. The molecule has 0 bridgehead atoms. The number of rotatable bonds is 9. The first kappa shape index (κ1) is 18.1. The Kier molecular flexibility index (Phi) is 6.43. The van der Waals surface area contributed by atoms with E-state index in [2.05, 4.69) is 10.6 Å². The fourth-order valence-electron chi connectivity index (χ4n) is 2.18. The molecule has 2 rings (SSSR count). The summed E-state index contributed by atoms with van der Waals surface area (Å²) in [6, 6.07) is 4.74. The number of amides is 2. The first-order valence-corrected chi connectivity index (χ1v) is 8.20. The van der Waals surface area contributed by atoms with E-state index < -0.39 is 6.04 Å². The number of methoxy groups -OCH3 is 1. The molecule has 132 valence electrons. The summed E-state index contributed by atoms with van der Waals surface area (Å²) in [6.07, 6.45) is 3.50. The molecule has 0 heterocycles. The molecule has 1 atom stereocenters. The number of anilines is 1. The summed E-state index contributed by atoms with van der Waals surface area (Å²) in [5.74, 6) is 0.466. The van der Waals surface area contributed by atoms with Gasteiger partial charge in [0.05, 0.1) is 13.2 Å². The van der Waals surface area contributed by atoms with Crippen LogP contribution in [-0.2, 0) is 9.59 Å². The van der Waals surface area contributed by atoms with E-state index in [1.54, 1.807) is 18.2 Å². The third-order valence-electron chi connectivity index (χ3n) is 3.67. The van der Waals surface area contributed by atoms with Gasteiger partial charge in [0.15, 0.2) is 18.1 Å². The van der Waals surface area contributed by atoms with Gasteiger partial charge in [0.2, 0.25) is 5.91 Å². The third-order valence-corrected chi connectivity index (χ3v) is 3.67. The zero-order valence-electron chi connectivity index (χ0n) is 14.1. The van der Waals surface area contributed by atoms with Crippen molar-refractivity contribution in [2.75, 3.05) is 19.0 Å². The first-order chi connectivity index (χ1) is 11.5. The molecule has 24 heavy (non-hydrogen) atoms.